The number of ether oxygens (including phenoxy) is 7. The molecule has 1 saturated heterocycles. The van der Waals surface area contributed by atoms with Crippen LogP contribution in [0, 0.1) is 11.8 Å². The molecule has 1 aliphatic rings. The lowest BCUT2D eigenvalue weighted by atomic mass is 10.0. The lowest BCUT2D eigenvalue weighted by Crippen LogP contribution is -2.36. The van der Waals surface area contributed by atoms with Crippen LogP contribution >= 0.6 is 0 Å². The molecule has 0 bridgehead atoms. The molecule has 45 heavy (non-hydrogen) atoms. The van der Waals surface area contributed by atoms with Crippen LogP contribution in [0.1, 0.15) is 80.6 Å². The number of carbonyl (C=O) groups is 3. The molecule has 3 amide bonds. The minimum absolute atomic E-state index is 0.0953. The first kappa shape index (κ1) is 41.4. The minimum Gasteiger partial charge on any atom is -0.379 e. The third kappa shape index (κ3) is 20.2. The molecule has 0 radical (unpaired) electrons. The number of hydrogen-bond donors (Lipinski definition) is 1. The maximum absolute atomic E-state index is 12.1. The Morgan fingerprint density at radius 2 is 1.56 bits per heavy atom. The molecule has 0 aromatic carbocycles. The third-order valence-corrected chi connectivity index (χ3v) is 7.43. The predicted molar refractivity (Wildman–Crippen MR) is 171 cm³/mol. The van der Waals surface area contributed by atoms with E-state index in [4.69, 9.17) is 33.2 Å². The van der Waals surface area contributed by atoms with Crippen molar-refractivity contribution in [1.29, 1.82) is 0 Å². The van der Waals surface area contributed by atoms with E-state index in [-0.39, 0.29) is 60.3 Å². The van der Waals surface area contributed by atoms with Crippen molar-refractivity contribution in [2.24, 2.45) is 11.8 Å². The second-order valence-electron chi connectivity index (χ2n) is 13.3. The fourth-order valence-corrected chi connectivity index (χ4v) is 4.09. The summed E-state index contributed by atoms with van der Waals surface area (Å²) in [6, 6.07) is 0. The molecule has 264 valence electrons. The first-order chi connectivity index (χ1) is 21.3. The van der Waals surface area contributed by atoms with Crippen LogP contribution in [0.25, 0.3) is 0 Å². The average Bonchev–Trinajstić information content (AvgIpc) is 3.22. The first-order valence-electron chi connectivity index (χ1n) is 16.5. The maximum Gasteiger partial charge on any atom is 0.232 e. The number of likely N-dealkylation sites (tertiary alicyclic amines) is 1. The Bertz CT molecular complexity index is 836. The van der Waals surface area contributed by atoms with Gasteiger partial charge in [0.15, 0.2) is 0 Å². The molecule has 1 N–H and O–H groups in total. The second-order valence-corrected chi connectivity index (χ2v) is 13.3. The van der Waals surface area contributed by atoms with Gasteiger partial charge in [-0.05, 0) is 52.9 Å². The van der Waals surface area contributed by atoms with E-state index in [1.165, 1.54) is 4.90 Å². The first-order valence-corrected chi connectivity index (χ1v) is 16.5. The second kappa shape index (κ2) is 22.8. The highest BCUT2D eigenvalue weighted by molar-refractivity contribution is 6.03. The zero-order valence-electron chi connectivity index (χ0n) is 29.3. The van der Waals surface area contributed by atoms with Gasteiger partial charge in [0.25, 0.3) is 0 Å². The van der Waals surface area contributed by atoms with Gasteiger partial charge in [-0.25, -0.2) is 0 Å². The molecule has 0 aromatic heterocycles. The molecule has 1 rings (SSSR count). The van der Waals surface area contributed by atoms with Crippen molar-refractivity contribution in [3.63, 3.8) is 0 Å². The van der Waals surface area contributed by atoms with Gasteiger partial charge in [0.2, 0.25) is 17.7 Å². The topological polar surface area (TPSA) is 131 Å². The molecule has 1 heterocycles. The van der Waals surface area contributed by atoms with Crippen LogP contribution in [0.2, 0.25) is 0 Å². The SMILES string of the molecule is COC(C)(C)COC(C)(C)CCOCCOC(COCCCNC(=O)CCN1C(=O)CC(C)C1=O)COCCOCCC(C)C. The molecule has 12 nitrogen and oxygen atoms in total. The third-order valence-electron chi connectivity index (χ3n) is 7.43. The fraction of sp³-hybridized carbons (Fsp3) is 0.909. The van der Waals surface area contributed by atoms with Crippen LogP contribution in [0.5, 0.6) is 0 Å². The van der Waals surface area contributed by atoms with E-state index in [9.17, 15) is 14.4 Å². The van der Waals surface area contributed by atoms with Crippen molar-refractivity contribution in [3.05, 3.63) is 0 Å². The summed E-state index contributed by atoms with van der Waals surface area (Å²) in [6.07, 6.45) is 2.42. The summed E-state index contributed by atoms with van der Waals surface area (Å²) >= 11 is 0. The Balaban J connectivity index is 2.29. The van der Waals surface area contributed by atoms with Gasteiger partial charge in [0, 0.05) is 58.8 Å². The smallest absolute Gasteiger partial charge is 0.232 e. The van der Waals surface area contributed by atoms with Gasteiger partial charge in [0.05, 0.1) is 57.5 Å². The van der Waals surface area contributed by atoms with Crippen molar-refractivity contribution in [3.8, 4) is 0 Å². The van der Waals surface area contributed by atoms with Crippen molar-refractivity contribution in [2.75, 3.05) is 86.3 Å². The summed E-state index contributed by atoms with van der Waals surface area (Å²) in [4.78, 5) is 37.2. The van der Waals surface area contributed by atoms with Crippen molar-refractivity contribution in [2.45, 2.75) is 97.9 Å². The van der Waals surface area contributed by atoms with E-state index < -0.39 is 0 Å². The zero-order chi connectivity index (χ0) is 33.7. The Hall–Kier alpha value is -1.67. The number of methoxy groups -OCH3 is 1. The maximum atomic E-state index is 12.1. The lowest BCUT2D eigenvalue weighted by Gasteiger charge is -2.31. The molecule has 0 aliphatic carbocycles. The Morgan fingerprint density at radius 3 is 2.20 bits per heavy atom. The molecule has 1 fully saturated rings. The molecule has 2 unspecified atom stereocenters. The summed E-state index contributed by atoms with van der Waals surface area (Å²) in [6.45, 7) is 19.4. The van der Waals surface area contributed by atoms with E-state index in [0.29, 0.717) is 78.3 Å². The molecule has 0 spiro atoms. The number of imide groups is 1. The molecule has 1 aliphatic heterocycles. The fourth-order valence-electron chi connectivity index (χ4n) is 4.09. The molecule has 12 heteroatoms. The zero-order valence-corrected chi connectivity index (χ0v) is 29.3. The molecule has 0 aromatic rings. The van der Waals surface area contributed by atoms with Gasteiger partial charge in [-0.15, -0.1) is 0 Å². The van der Waals surface area contributed by atoms with Gasteiger partial charge in [0.1, 0.15) is 6.10 Å². The Labute approximate surface area is 271 Å². The number of nitrogens with zero attached hydrogens (tertiary/aromatic N) is 1. The molecule has 0 saturated carbocycles. The van der Waals surface area contributed by atoms with Gasteiger partial charge in [-0.1, -0.05) is 20.8 Å². The molecular weight excluding hydrogens is 584 g/mol. The highest BCUT2D eigenvalue weighted by atomic mass is 16.6. The number of carbonyl (C=O) groups excluding carboxylic acids is 3. The van der Waals surface area contributed by atoms with Crippen molar-refractivity contribution >= 4 is 17.7 Å². The lowest BCUT2D eigenvalue weighted by molar-refractivity contribution is -0.139. The van der Waals surface area contributed by atoms with Crippen LogP contribution in [0.4, 0.5) is 0 Å². The number of amides is 3. The Kier molecular flexibility index (Phi) is 20.9. The number of rotatable bonds is 28. The van der Waals surface area contributed by atoms with E-state index in [0.717, 1.165) is 19.4 Å². The van der Waals surface area contributed by atoms with Crippen LogP contribution in [-0.2, 0) is 47.5 Å². The number of nitrogens with one attached hydrogen (secondary N) is 1. The molecule has 2 atom stereocenters. The van der Waals surface area contributed by atoms with Crippen LogP contribution in [0.15, 0.2) is 0 Å². The highest BCUT2D eigenvalue weighted by Gasteiger charge is 2.35. The van der Waals surface area contributed by atoms with E-state index >= 15 is 0 Å². The van der Waals surface area contributed by atoms with Gasteiger partial charge >= 0.3 is 0 Å². The van der Waals surface area contributed by atoms with Gasteiger partial charge in [-0.3, -0.25) is 19.3 Å². The Morgan fingerprint density at radius 1 is 0.911 bits per heavy atom. The van der Waals surface area contributed by atoms with E-state index in [1.54, 1.807) is 14.0 Å². The van der Waals surface area contributed by atoms with Crippen LogP contribution in [0.3, 0.4) is 0 Å². The summed E-state index contributed by atoms with van der Waals surface area (Å²) in [5.41, 5.74) is -0.668. The highest BCUT2D eigenvalue weighted by Crippen LogP contribution is 2.19. The average molecular weight is 647 g/mol. The van der Waals surface area contributed by atoms with Crippen LogP contribution < -0.4 is 5.32 Å². The predicted octanol–water partition coefficient (Wildman–Crippen LogP) is 3.39. The molecular formula is C33H62N2O10. The van der Waals surface area contributed by atoms with Crippen LogP contribution in [-0.4, -0.2) is 126 Å². The monoisotopic (exact) mass is 646 g/mol. The minimum atomic E-state index is -0.337. The standard InChI is InChI=1S/C33H62N2O10/c1-26(2)11-16-40-18-19-43-24-28(44-21-20-41-17-12-32(4,5)45-25-33(6,7)39-8)23-42-15-9-13-34-29(36)10-14-35-30(37)22-27(3)31(35)38/h26-28H,9-25H2,1-8H3,(H,34,36). The van der Waals surface area contributed by atoms with Crippen molar-refractivity contribution < 1.29 is 47.5 Å². The van der Waals surface area contributed by atoms with Gasteiger partial charge < -0.3 is 38.5 Å². The van der Waals surface area contributed by atoms with E-state index in [1.807, 2.05) is 27.7 Å². The summed E-state index contributed by atoms with van der Waals surface area (Å²) < 4.78 is 40.5. The summed E-state index contributed by atoms with van der Waals surface area (Å²) in [5.74, 6) is -0.315. The van der Waals surface area contributed by atoms with Gasteiger partial charge in [-0.2, -0.15) is 0 Å². The van der Waals surface area contributed by atoms with E-state index in [2.05, 4.69) is 19.2 Å². The normalized spacial score (nSPS) is 16.6. The number of hydrogen-bond acceptors (Lipinski definition) is 10. The largest absolute Gasteiger partial charge is 0.379 e. The van der Waals surface area contributed by atoms with Crippen molar-refractivity contribution in [1.82, 2.24) is 10.2 Å². The summed E-state index contributed by atoms with van der Waals surface area (Å²) in [5, 5.41) is 2.81. The quantitative estimate of drug-likeness (QED) is 0.0997. The summed E-state index contributed by atoms with van der Waals surface area (Å²) in [7, 11) is 1.68.